The molecule has 0 saturated heterocycles. The molecule has 0 aromatic heterocycles. The van der Waals surface area contributed by atoms with Gasteiger partial charge >= 0.3 is 104 Å². The molecule has 4 heteroatoms. The maximum atomic E-state index is 5.33. The fourth-order valence-corrected chi connectivity index (χ4v) is 3.07. The van der Waals surface area contributed by atoms with Crippen LogP contribution in [0.1, 0.15) is 110 Å². The number of rotatable bonds is 17. The molecule has 2 nitrogen and oxygen atoms in total. The normalized spacial score (nSPS) is 10.7. The molecule has 0 atom stereocenters. The average Bonchev–Trinajstić information content (AvgIpc) is 2.57. The quantitative estimate of drug-likeness (QED) is 0.161. The van der Waals surface area contributed by atoms with Crippen LogP contribution in [0, 0.1) is 0 Å². The fraction of sp³-hybridized carbons (Fsp3) is 0.947. The van der Waals surface area contributed by atoms with Crippen molar-refractivity contribution in [2.45, 2.75) is 110 Å². The molecule has 0 fully saturated rings. The van der Waals surface area contributed by atoms with Crippen LogP contribution >= 0.6 is 12.2 Å². The summed E-state index contributed by atoms with van der Waals surface area (Å²) in [5, 5.41) is 0.524. The second kappa shape index (κ2) is 20.4. The van der Waals surface area contributed by atoms with E-state index in [0.29, 0.717) is 5.17 Å². The van der Waals surface area contributed by atoms with E-state index in [4.69, 9.17) is 17.0 Å². The zero-order valence-electron chi connectivity index (χ0n) is 15.2. The molecule has 137 valence electrons. The predicted molar refractivity (Wildman–Crippen MR) is 101 cm³/mol. The number of hydrogen-bond acceptors (Lipinski definition) is 2. The van der Waals surface area contributed by atoms with Crippen LogP contribution in [-0.2, 0) is 24.8 Å². The van der Waals surface area contributed by atoms with Crippen molar-refractivity contribution in [3.8, 4) is 0 Å². The van der Waals surface area contributed by atoms with Crippen LogP contribution in [0.2, 0.25) is 0 Å². The molecule has 0 radical (unpaired) electrons. The van der Waals surface area contributed by atoms with Crippen LogP contribution in [0.25, 0.3) is 0 Å². The third-order valence-electron chi connectivity index (χ3n) is 4.31. The van der Waals surface area contributed by atoms with E-state index in [9.17, 15) is 0 Å². The number of hydrogen-bond donors (Lipinski definition) is 1. The molecule has 23 heavy (non-hydrogen) atoms. The maximum absolute atomic E-state index is 5.33. The molecule has 0 rings (SSSR count). The molecule has 0 aromatic carbocycles. The Morgan fingerprint density at radius 3 is 1.39 bits per heavy atom. The molecule has 0 aliphatic heterocycles. The van der Waals surface area contributed by atoms with Crippen molar-refractivity contribution in [2.75, 3.05) is 6.61 Å². The van der Waals surface area contributed by atoms with Crippen LogP contribution in [0.4, 0.5) is 0 Å². The number of unbranched alkanes of at least 4 members (excludes halogenated alkanes) is 15. The first-order valence-corrected chi connectivity index (χ1v) is 11.3. The Bertz CT molecular complexity index is 252. The van der Waals surface area contributed by atoms with Crippen LogP contribution in [0.5, 0.6) is 0 Å². The first-order valence-electron chi connectivity index (χ1n) is 9.86. The van der Waals surface area contributed by atoms with Gasteiger partial charge in [-0.2, -0.15) is 0 Å². The van der Waals surface area contributed by atoms with Gasteiger partial charge in [-0.05, 0) is 0 Å². The van der Waals surface area contributed by atoms with E-state index in [1.165, 1.54) is 96.3 Å². The fourth-order valence-electron chi connectivity index (χ4n) is 2.84. The van der Waals surface area contributed by atoms with E-state index in [2.05, 4.69) is 10.8 Å². The van der Waals surface area contributed by atoms with Crippen molar-refractivity contribution in [3.05, 3.63) is 0 Å². The standard InChI is InChI=1S/C19H39NOS.Mo/c1-2-3-4-5-6-7-8-9-10-11-12-13-14-15-16-17-18-21-19(20)22;/h2-18H2,1H3,(H2,20,22);/q;+1/p-1. The molecular weight excluding hydrogens is 386 g/mol. The molecular formula is C19H38MoNOS. The van der Waals surface area contributed by atoms with Crippen molar-refractivity contribution in [3.63, 3.8) is 0 Å². The third kappa shape index (κ3) is 20.3. The number of thiocarbonyl (C=S) groups is 1. The van der Waals surface area contributed by atoms with Crippen molar-refractivity contribution in [2.24, 2.45) is 0 Å². The predicted octanol–water partition coefficient (Wildman–Crippen LogP) is 6.60. The van der Waals surface area contributed by atoms with E-state index >= 15 is 0 Å². The molecule has 0 heterocycles. The zero-order valence-corrected chi connectivity index (χ0v) is 18.1. The van der Waals surface area contributed by atoms with E-state index in [1.807, 2.05) is 0 Å². The van der Waals surface area contributed by atoms with E-state index in [-0.39, 0.29) is 0 Å². The van der Waals surface area contributed by atoms with E-state index in [1.54, 1.807) is 20.1 Å². The summed E-state index contributed by atoms with van der Waals surface area (Å²) in [6, 6.07) is 0. The molecule has 0 aliphatic rings. The van der Waals surface area contributed by atoms with Gasteiger partial charge in [-0.15, -0.1) is 0 Å². The van der Waals surface area contributed by atoms with Crippen molar-refractivity contribution in [1.29, 1.82) is 0 Å². The van der Waals surface area contributed by atoms with Gasteiger partial charge in [0.2, 0.25) is 0 Å². The Morgan fingerprint density at radius 2 is 1.04 bits per heavy atom. The van der Waals surface area contributed by atoms with Gasteiger partial charge in [-0.1, -0.05) is 58.3 Å². The van der Waals surface area contributed by atoms with Crippen LogP contribution in [0.3, 0.4) is 0 Å². The second-order valence-corrected chi connectivity index (χ2v) is 7.41. The molecule has 0 unspecified atom stereocenters. The Balaban J connectivity index is 2.99. The SMILES string of the molecule is CCCCCCCCCCCCCCCCCCOC(=S)[NH][Mo]. The summed E-state index contributed by atoms with van der Waals surface area (Å²) in [7, 11) is 0. The molecule has 0 bridgehead atoms. The summed E-state index contributed by atoms with van der Waals surface area (Å²) in [6.45, 7) is 3.05. The molecule has 0 aliphatic carbocycles. The Kier molecular flexibility index (Phi) is 20.8. The number of nitrogens with one attached hydrogen (secondary N) is 1. The van der Waals surface area contributed by atoms with E-state index < -0.39 is 0 Å². The monoisotopic (exact) mass is 426 g/mol. The second-order valence-electron chi connectivity index (χ2n) is 6.54. The molecule has 0 spiro atoms. The van der Waals surface area contributed by atoms with Gasteiger partial charge in [0.05, 0.1) is 0 Å². The summed E-state index contributed by atoms with van der Waals surface area (Å²) in [6.07, 6.45) is 22.4. The van der Waals surface area contributed by atoms with Gasteiger partial charge < -0.3 is 0 Å². The van der Waals surface area contributed by atoms with Crippen LogP contribution in [0.15, 0.2) is 0 Å². The summed E-state index contributed by atoms with van der Waals surface area (Å²) < 4.78 is 8.17. The molecule has 0 amide bonds. The Labute approximate surface area is 162 Å². The molecule has 1 N–H and O–H groups in total. The van der Waals surface area contributed by atoms with Gasteiger partial charge in [-0.25, -0.2) is 0 Å². The van der Waals surface area contributed by atoms with Crippen LogP contribution in [-0.4, -0.2) is 11.8 Å². The average molecular weight is 425 g/mol. The van der Waals surface area contributed by atoms with Gasteiger partial charge in [-0.3, -0.25) is 0 Å². The molecule has 0 saturated carbocycles. The summed E-state index contributed by atoms with van der Waals surface area (Å²) in [5.74, 6) is 0. The Morgan fingerprint density at radius 1 is 0.696 bits per heavy atom. The topological polar surface area (TPSA) is 21.3 Å². The molecule has 0 aromatic rings. The first-order chi connectivity index (χ1) is 11.3. The van der Waals surface area contributed by atoms with Gasteiger partial charge in [0.1, 0.15) is 0 Å². The summed E-state index contributed by atoms with van der Waals surface area (Å²) in [5.41, 5.74) is 0. The number of ether oxygens (including phenoxy) is 1. The minimum absolute atomic E-state index is 0.524. The zero-order chi connectivity index (χ0) is 17.0. The van der Waals surface area contributed by atoms with Gasteiger partial charge in [0.25, 0.3) is 0 Å². The summed E-state index contributed by atoms with van der Waals surface area (Å²) >= 11 is 6.67. The van der Waals surface area contributed by atoms with Crippen LogP contribution < -0.4 is 3.88 Å². The van der Waals surface area contributed by atoms with Crippen molar-refractivity contribution >= 4 is 17.4 Å². The van der Waals surface area contributed by atoms with Gasteiger partial charge in [0.15, 0.2) is 0 Å². The summed E-state index contributed by atoms with van der Waals surface area (Å²) in [4.78, 5) is 0. The van der Waals surface area contributed by atoms with Crippen molar-refractivity contribution < 1.29 is 24.8 Å². The van der Waals surface area contributed by atoms with Crippen molar-refractivity contribution in [1.82, 2.24) is 3.88 Å². The third-order valence-corrected chi connectivity index (χ3v) is 5.33. The first kappa shape index (κ1) is 23.4. The minimum atomic E-state index is 0.524. The van der Waals surface area contributed by atoms with E-state index in [0.717, 1.165) is 13.0 Å². The Hall–Kier alpha value is 0.378. The van der Waals surface area contributed by atoms with Gasteiger partial charge in [0, 0.05) is 0 Å².